The molecule has 2 heterocycles. The predicted molar refractivity (Wildman–Crippen MR) is 83.2 cm³/mol. The third-order valence-corrected chi connectivity index (χ3v) is 4.45. The molecular weight excluding hydrogens is 291 g/mol. The molecule has 2 unspecified atom stereocenters. The summed E-state index contributed by atoms with van der Waals surface area (Å²) in [6.45, 7) is 4.44. The van der Waals surface area contributed by atoms with Crippen molar-refractivity contribution in [1.29, 1.82) is 0 Å². The van der Waals surface area contributed by atoms with Crippen LogP contribution >= 0.6 is 11.6 Å². The number of fused-ring (bicyclic) bond motifs is 2. The molecule has 2 aliphatic rings. The fraction of sp³-hybridized carbons (Fsp3) is 0.562. The Morgan fingerprint density at radius 3 is 2.86 bits per heavy atom. The van der Waals surface area contributed by atoms with Crippen LogP contribution in [0.2, 0.25) is 5.02 Å². The van der Waals surface area contributed by atoms with Crippen LogP contribution in [0.25, 0.3) is 0 Å². The molecule has 2 bridgehead atoms. The number of amides is 1. The Labute approximate surface area is 130 Å². The highest BCUT2D eigenvalue weighted by Gasteiger charge is 2.29. The lowest BCUT2D eigenvalue weighted by molar-refractivity contribution is 0.0741. The molecule has 0 aliphatic carbocycles. The van der Waals surface area contributed by atoms with E-state index in [1.165, 1.54) is 24.6 Å². The van der Waals surface area contributed by atoms with E-state index >= 15 is 0 Å². The lowest BCUT2D eigenvalue weighted by Gasteiger charge is -2.29. The third-order valence-electron chi connectivity index (χ3n) is 4.21. The van der Waals surface area contributed by atoms with Crippen LogP contribution in [0.4, 0.5) is 4.39 Å². The Hall–Kier alpha value is -1.13. The molecular formula is C16H22ClFN2O. The van der Waals surface area contributed by atoms with E-state index in [0.29, 0.717) is 17.5 Å². The summed E-state index contributed by atoms with van der Waals surface area (Å²) in [6.07, 6.45) is 2.34. The molecule has 2 saturated heterocycles. The van der Waals surface area contributed by atoms with Gasteiger partial charge in [0.15, 0.2) is 0 Å². The Bertz CT molecular complexity index is 523. The third kappa shape index (κ3) is 3.55. The first-order chi connectivity index (χ1) is 9.63. The molecule has 116 valence electrons. The maximum absolute atomic E-state index is 13.8. The quantitative estimate of drug-likeness (QED) is 0.794. The van der Waals surface area contributed by atoms with Gasteiger partial charge in [0, 0.05) is 31.2 Å². The Morgan fingerprint density at radius 2 is 2.05 bits per heavy atom. The molecule has 0 spiro atoms. The van der Waals surface area contributed by atoms with Gasteiger partial charge in [-0.15, -0.1) is 0 Å². The maximum atomic E-state index is 13.8. The zero-order valence-corrected chi connectivity index (χ0v) is 12.1. The van der Waals surface area contributed by atoms with E-state index in [0.717, 1.165) is 32.6 Å². The van der Waals surface area contributed by atoms with Crippen LogP contribution in [-0.2, 0) is 0 Å². The number of carbonyl (C=O) groups excluding carboxylic acids is 1. The van der Waals surface area contributed by atoms with Crippen molar-refractivity contribution in [2.75, 3.05) is 32.7 Å². The van der Waals surface area contributed by atoms with Gasteiger partial charge in [0.2, 0.25) is 0 Å². The molecule has 3 nitrogen and oxygen atoms in total. The van der Waals surface area contributed by atoms with Gasteiger partial charge in [0.25, 0.3) is 5.91 Å². The fourth-order valence-electron chi connectivity index (χ4n) is 3.18. The highest BCUT2D eigenvalue weighted by molar-refractivity contribution is 6.31. The van der Waals surface area contributed by atoms with Crippen molar-refractivity contribution in [3.8, 4) is 0 Å². The highest BCUT2D eigenvalue weighted by atomic mass is 35.5. The highest BCUT2D eigenvalue weighted by Crippen LogP contribution is 2.23. The summed E-state index contributed by atoms with van der Waals surface area (Å²) in [4.78, 5) is 16.7. The second-order valence-electron chi connectivity index (χ2n) is 5.68. The summed E-state index contributed by atoms with van der Waals surface area (Å²) in [7, 11) is 0. The summed E-state index contributed by atoms with van der Waals surface area (Å²) in [5.74, 6) is -0.219. The molecule has 2 fully saturated rings. The van der Waals surface area contributed by atoms with Crippen LogP contribution in [0.3, 0.4) is 0 Å². The lowest BCUT2D eigenvalue weighted by Crippen LogP contribution is -2.36. The Balaban J connectivity index is 0.00000161. The van der Waals surface area contributed by atoms with Gasteiger partial charge in [0.1, 0.15) is 5.82 Å². The SMILES string of the molecule is C.O=C(c1cc(Cl)ccc1F)N1CCN2CCCC(C2)C1. The first-order valence-corrected chi connectivity index (χ1v) is 7.48. The Kier molecular flexibility index (Phi) is 5.22. The minimum absolute atomic E-state index is 0. The smallest absolute Gasteiger partial charge is 0.256 e. The molecule has 0 aromatic heterocycles. The fourth-order valence-corrected chi connectivity index (χ4v) is 3.36. The topological polar surface area (TPSA) is 23.6 Å². The zero-order valence-electron chi connectivity index (χ0n) is 11.3. The predicted octanol–water partition coefficient (Wildman–Crippen LogP) is 3.28. The molecule has 0 N–H and O–H groups in total. The number of benzene rings is 1. The first kappa shape index (κ1) is 16.2. The molecule has 0 radical (unpaired) electrons. The van der Waals surface area contributed by atoms with E-state index in [9.17, 15) is 9.18 Å². The van der Waals surface area contributed by atoms with Crippen molar-refractivity contribution in [1.82, 2.24) is 9.80 Å². The van der Waals surface area contributed by atoms with Crippen molar-refractivity contribution in [3.05, 3.63) is 34.6 Å². The number of hydrogen-bond acceptors (Lipinski definition) is 2. The average molecular weight is 313 g/mol. The van der Waals surface area contributed by atoms with Gasteiger partial charge in [-0.3, -0.25) is 4.79 Å². The molecule has 5 heteroatoms. The summed E-state index contributed by atoms with van der Waals surface area (Å²) in [5.41, 5.74) is 0.0870. The van der Waals surface area contributed by atoms with Gasteiger partial charge >= 0.3 is 0 Å². The van der Waals surface area contributed by atoms with E-state index < -0.39 is 5.82 Å². The van der Waals surface area contributed by atoms with Crippen LogP contribution < -0.4 is 0 Å². The van der Waals surface area contributed by atoms with E-state index in [-0.39, 0.29) is 18.9 Å². The first-order valence-electron chi connectivity index (χ1n) is 7.10. The van der Waals surface area contributed by atoms with Crippen LogP contribution in [0.15, 0.2) is 18.2 Å². The molecule has 1 aromatic carbocycles. The summed E-state index contributed by atoms with van der Waals surface area (Å²) >= 11 is 5.88. The van der Waals surface area contributed by atoms with Gasteiger partial charge in [-0.25, -0.2) is 4.39 Å². The number of piperidine rings is 1. The minimum Gasteiger partial charge on any atom is -0.337 e. The largest absolute Gasteiger partial charge is 0.337 e. The number of halogens is 2. The van der Waals surface area contributed by atoms with Gasteiger partial charge in [-0.1, -0.05) is 19.0 Å². The van der Waals surface area contributed by atoms with Crippen molar-refractivity contribution in [2.24, 2.45) is 5.92 Å². The molecule has 1 aromatic rings. The normalized spacial score (nSPS) is 25.0. The van der Waals surface area contributed by atoms with Crippen LogP contribution in [0.1, 0.15) is 30.6 Å². The molecule has 2 aliphatic heterocycles. The molecule has 3 rings (SSSR count). The van der Waals surface area contributed by atoms with E-state index in [1.54, 1.807) is 4.90 Å². The van der Waals surface area contributed by atoms with Gasteiger partial charge in [-0.2, -0.15) is 0 Å². The van der Waals surface area contributed by atoms with E-state index in [4.69, 9.17) is 11.6 Å². The van der Waals surface area contributed by atoms with Gasteiger partial charge in [-0.05, 0) is 43.5 Å². The number of carbonyl (C=O) groups is 1. The van der Waals surface area contributed by atoms with E-state index in [1.807, 2.05) is 0 Å². The van der Waals surface area contributed by atoms with Gasteiger partial charge < -0.3 is 9.80 Å². The van der Waals surface area contributed by atoms with Crippen LogP contribution in [0, 0.1) is 11.7 Å². The molecule has 0 saturated carbocycles. The molecule has 2 atom stereocenters. The number of hydrogen-bond donors (Lipinski definition) is 0. The van der Waals surface area contributed by atoms with Crippen LogP contribution in [0.5, 0.6) is 0 Å². The summed E-state index contributed by atoms with van der Waals surface area (Å²) < 4.78 is 13.8. The molecule has 1 amide bonds. The second kappa shape index (κ2) is 6.75. The summed E-state index contributed by atoms with van der Waals surface area (Å²) in [5, 5.41) is 0.395. The van der Waals surface area contributed by atoms with Crippen molar-refractivity contribution < 1.29 is 9.18 Å². The Morgan fingerprint density at radius 1 is 1.24 bits per heavy atom. The second-order valence-corrected chi connectivity index (χ2v) is 6.12. The van der Waals surface area contributed by atoms with Crippen LogP contribution in [-0.4, -0.2) is 48.4 Å². The van der Waals surface area contributed by atoms with Crippen molar-refractivity contribution in [2.45, 2.75) is 20.3 Å². The zero-order chi connectivity index (χ0) is 14.1. The standard InChI is InChI=1S/C15H18ClFN2O.CH4/c16-12-3-4-14(17)13(8-12)15(20)19-7-6-18-5-1-2-11(9-18)10-19;/h3-4,8,11H,1-2,5-7,9-10H2;1H4. The van der Waals surface area contributed by atoms with E-state index in [2.05, 4.69) is 4.90 Å². The average Bonchev–Trinajstić information content (AvgIpc) is 2.59. The minimum atomic E-state index is -0.494. The van der Waals surface area contributed by atoms with Crippen molar-refractivity contribution >= 4 is 17.5 Å². The molecule has 21 heavy (non-hydrogen) atoms. The lowest BCUT2D eigenvalue weighted by atomic mass is 9.98. The van der Waals surface area contributed by atoms with Gasteiger partial charge in [0.05, 0.1) is 5.56 Å². The summed E-state index contributed by atoms with van der Waals surface area (Å²) in [6, 6.07) is 4.15. The monoisotopic (exact) mass is 312 g/mol. The van der Waals surface area contributed by atoms with Crippen molar-refractivity contribution in [3.63, 3.8) is 0 Å². The maximum Gasteiger partial charge on any atom is 0.256 e. The number of nitrogens with zero attached hydrogens (tertiary/aromatic N) is 2. The number of rotatable bonds is 1.